The van der Waals surface area contributed by atoms with E-state index < -0.39 is 17.6 Å². The third kappa shape index (κ3) is 8.65. The Morgan fingerprint density at radius 1 is 1.24 bits per heavy atom. The molecule has 0 aliphatic heterocycles. The Bertz CT molecular complexity index is 887. The predicted molar refractivity (Wildman–Crippen MR) is 99.6 cm³/mol. The van der Waals surface area contributed by atoms with Crippen LogP contribution >= 0.6 is 0 Å². The van der Waals surface area contributed by atoms with Crippen LogP contribution in [0.25, 0.3) is 5.48 Å². The molecule has 0 aliphatic carbocycles. The molecule has 2 aromatic rings. The van der Waals surface area contributed by atoms with E-state index in [-0.39, 0.29) is 75.9 Å². The summed E-state index contributed by atoms with van der Waals surface area (Å²) in [7, 11) is 0. The van der Waals surface area contributed by atoms with Crippen LogP contribution in [-0.4, -0.2) is 17.7 Å². The summed E-state index contributed by atoms with van der Waals surface area (Å²) in [5.41, 5.74) is 10.7. The fourth-order valence-electron chi connectivity index (χ4n) is 2.17. The molecule has 0 fully saturated rings. The minimum Gasteiger partial charge on any atom is -0.562 e. The fourth-order valence-corrected chi connectivity index (χ4v) is 2.17. The zero-order valence-corrected chi connectivity index (χ0v) is 19.2. The van der Waals surface area contributed by atoms with Crippen LogP contribution in [0, 0.1) is 12.7 Å². The quantitative estimate of drug-likeness (QED) is 0.357. The molecule has 0 saturated heterocycles. The van der Waals surface area contributed by atoms with Crippen molar-refractivity contribution in [3.8, 4) is 5.75 Å². The molecule has 0 amide bonds. The van der Waals surface area contributed by atoms with Crippen molar-refractivity contribution < 1.29 is 79.6 Å². The number of carbonyl (C=O) groups is 1. The van der Waals surface area contributed by atoms with E-state index in [0.29, 0.717) is 5.75 Å². The van der Waals surface area contributed by atoms with Crippen LogP contribution in [0.1, 0.15) is 21.5 Å². The molecule has 2 rings (SSSR count). The second-order valence-corrected chi connectivity index (χ2v) is 5.74. The topological polar surface area (TPSA) is 95.9 Å². The zero-order valence-electron chi connectivity index (χ0n) is 16.1. The summed E-state index contributed by atoms with van der Waals surface area (Å²) in [4.78, 5) is 16.2. The number of rotatable bonds is 9. The van der Waals surface area contributed by atoms with E-state index in [9.17, 15) is 13.6 Å². The molecule has 0 aromatic heterocycles. The molecule has 29 heavy (non-hydrogen) atoms. The first-order valence-corrected chi connectivity index (χ1v) is 8.21. The predicted octanol–water partition coefficient (Wildman–Crippen LogP) is 1.37. The molecule has 0 bridgehead atoms. The van der Waals surface area contributed by atoms with E-state index in [4.69, 9.17) is 20.4 Å². The van der Waals surface area contributed by atoms with Crippen LogP contribution in [0.3, 0.4) is 0 Å². The van der Waals surface area contributed by atoms with Gasteiger partial charge in [0, 0.05) is 6.20 Å². The zero-order chi connectivity index (χ0) is 20.5. The van der Waals surface area contributed by atoms with E-state index in [1.165, 1.54) is 36.4 Å². The van der Waals surface area contributed by atoms with Crippen molar-refractivity contribution in [3.63, 3.8) is 0 Å². The van der Waals surface area contributed by atoms with Gasteiger partial charge >= 0.3 is 57.4 Å². The van der Waals surface area contributed by atoms with Gasteiger partial charge in [-0.05, 0) is 60.5 Å². The minimum absolute atomic E-state index is 0. The van der Waals surface area contributed by atoms with Gasteiger partial charge in [0.1, 0.15) is 17.4 Å². The van der Waals surface area contributed by atoms with Gasteiger partial charge in [0.25, 0.3) is 0 Å². The number of halogens is 2. The number of aromatic carboxylic acids is 1. The number of benzene rings is 2. The number of carboxylic acids is 1. The van der Waals surface area contributed by atoms with E-state index in [2.05, 4.69) is 5.48 Å². The molecule has 148 valence electrons. The molecule has 9 heteroatoms. The van der Waals surface area contributed by atoms with Gasteiger partial charge in [-0.3, -0.25) is 0 Å². The van der Waals surface area contributed by atoms with E-state index in [1.807, 2.05) is 0 Å². The summed E-state index contributed by atoms with van der Waals surface area (Å²) >= 11 is 0. The second kappa shape index (κ2) is 12.7. The van der Waals surface area contributed by atoms with Crippen molar-refractivity contribution in [2.75, 3.05) is 6.61 Å². The normalized spacial score (nSPS) is 11.6. The van der Waals surface area contributed by atoms with Gasteiger partial charge in [-0.25, -0.2) is 13.6 Å². The summed E-state index contributed by atoms with van der Waals surface area (Å²) in [6.45, 7) is 1.66. The van der Waals surface area contributed by atoms with Gasteiger partial charge in [-0.1, -0.05) is 6.07 Å². The Balaban J connectivity index is 0.00000420. The average molecular weight is 428 g/mol. The molecular formula is C20H19F2KN2O4. The van der Waals surface area contributed by atoms with Crippen molar-refractivity contribution in [2.45, 2.75) is 13.5 Å². The van der Waals surface area contributed by atoms with Crippen molar-refractivity contribution in [1.29, 1.82) is 0 Å². The Kier molecular flexibility index (Phi) is 11.1. The second-order valence-electron chi connectivity index (χ2n) is 5.74. The number of nitrogens with zero attached hydrogens (tertiary/aromatic N) is 1. The van der Waals surface area contributed by atoms with Gasteiger partial charge in [0.05, 0.1) is 18.8 Å². The standard InChI is InChI=1S/C20H19F2N2O4.K/c1-13-8-14(20(25)26)2-3-15(13)11-28-24-18(9-17(22)10-23)12-27-19-6-4-16(21)5-7-19;/h2-10H,11-12,23H2,1H3,(H,25,26);/q-1;+1/b17-10+,18-9+;. The molecule has 0 radical (unpaired) electrons. The third-order valence-electron chi connectivity index (χ3n) is 3.66. The number of hydrogen-bond donors (Lipinski definition) is 2. The average Bonchev–Trinajstić information content (AvgIpc) is 2.68. The number of hydroxylamine groups is 1. The Morgan fingerprint density at radius 3 is 2.52 bits per heavy atom. The molecule has 6 nitrogen and oxygen atoms in total. The largest absolute Gasteiger partial charge is 1.00 e. The van der Waals surface area contributed by atoms with Gasteiger partial charge in [-0.15, -0.1) is 5.70 Å². The molecule has 0 heterocycles. The molecule has 0 unspecified atom stereocenters. The van der Waals surface area contributed by atoms with Crippen LogP contribution in [0.15, 0.2) is 66.3 Å². The minimum atomic E-state index is -1.02. The third-order valence-corrected chi connectivity index (χ3v) is 3.66. The molecule has 2 aromatic carbocycles. The summed E-state index contributed by atoms with van der Waals surface area (Å²) in [6.07, 6.45) is 1.81. The first-order chi connectivity index (χ1) is 13.4. The van der Waals surface area contributed by atoms with Crippen molar-refractivity contribution in [2.24, 2.45) is 5.73 Å². The number of aryl methyl sites for hydroxylation is 1. The Hall–Kier alpha value is -1.75. The van der Waals surface area contributed by atoms with Gasteiger partial charge in [0.15, 0.2) is 0 Å². The SMILES string of the molecule is Cc1cc(C(=O)O)ccc1CO[N-]/C(=C/C(F)=C\N)COc1ccc(F)cc1.[K+]. The van der Waals surface area contributed by atoms with E-state index in [0.717, 1.165) is 23.4 Å². The maximum Gasteiger partial charge on any atom is 1.00 e. The van der Waals surface area contributed by atoms with Crippen molar-refractivity contribution in [1.82, 2.24) is 0 Å². The number of allylic oxidation sites excluding steroid dienone is 2. The fraction of sp³-hybridized carbons (Fsp3) is 0.150. The first-order valence-electron chi connectivity index (χ1n) is 8.21. The first kappa shape index (κ1) is 25.3. The van der Waals surface area contributed by atoms with E-state index in [1.54, 1.807) is 13.0 Å². The molecule has 0 saturated carbocycles. The maximum absolute atomic E-state index is 13.5. The number of nitrogens with two attached hydrogens (primary N) is 1. The summed E-state index contributed by atoms with van der Waals surface area (Å²) in [5.74, 6) is -1.78. The maximum atomic E-state index is 13.5. The van der Waals surface area contributed by atoms with Crippen molar-refractivity contribution in [3.05, 3.63) is 94.3 Å². The number of ether oxygens (including phenoxy) is 1. The smallest absolute Gasteiger partial charge is 0.562 e. The Morgan fingerprint density at radius 2 is 1.93 bits per heavy atom. The molecular weight excluding hydrogens is 409 g/mol. The number of hydrogen-bond acceptors (Lipinski definition) is 4. The monoisotopic (exact) mass is 428 g/mol. The number of carboxylic acid groups (broad SMARTS) is 1. The molecule has 0 aliphatic rings. The molecule has 0 spiro atoms. The summed E-state index contributed by atoms with van der Waals surface area (Å²) in [5, 5.41) is 8.98. The van der Waals surface area contributed by atoms with Crippen LogP contribution in [0.4, 0.5) is 8.78 Å². The summed E-state index contributed by atoms with van der Waals surface area (Å²) < 4.78 is 31.8. The van der Waals surface area contributed by atoms with Crippen LogP contribution in [-0.2, 0) is 11.4 Å². The van der Waals surface area contributed by atoms with Crippen LogP contribution in [0.2, 0.25) is 0 Å². The van der Waals surface area contributed by atoms with Crippen LogP contribution in [0.5, 0.6) is 5.75 Å². The molecule has 0 atom stereocenters. The van der Waals surface area contributed by atoms with Crippen LogP contribution < -0.4 is 61.9 Å². The van der Waals surface area contributed by atoms with Gasteiger partial charge in [-0.2, -0.15) is 0 Å². The Labute approximate surface area is 209 Å². The van der Waals surface area contributed by atoms with Gasteiger partial charge < -0.3 is 25.9 Å². The molecule has 3 N–H and O–H groups in total. The summed E-state index contributed by atoms with van der Waals surface area (Å²) in [6, 6.07) is 9.91. The van der Waals surface area contributed by atoms with E-state index >= 15 is 0 Å². The van der Waals surface area contributed by atoms with Gasteiger partial charge in [0.2, 0.25) is 0 Å². The van der Waals surface area contributed by atoms with Crippen molar-refractivity contribution >= 4 is 5.97 Å².